The molecule has 0 aliphatic heterocycles. The predicted octanol–water partition coefficient (Wildman–Crippen LogP) is 5.09. The summed E-state index contributed by atoms with van der Waals surface area (Å²) in [7, 11) is 0. The number of ether oxygens (including phenoxy) is 1. The lowest BCUT2D eigenvalue weighted by Gasteiger charge is -2.15. The first kappa shape index (κ1) is 22.8. The minimum Gasteiger partial charge on any atom is -0.449 e. The summed E-state index contributed by atoms with van der Waals surface area (Å²) in [5.41, 5.74) is 0.671. The van der Waals surface area contributed by atoms with E-state index < -0.39 is 29.7 Å². The van der Waals surface area contributed by atoms with Gasteiger partial charge in [-0.05, 0) is 57.9 Å². The Hall–Kier alpha value is -3.43. The number of amides is 1. The second kappa shape index (κ2) is 8.49. The zero-order valence-electron chi connectivity index (χ0n) is 18.3. The molecule has 7 nitrogen and oxygen atoms in total. The summed E-state index contributed by atoms with van der Waals surface area (Å²) in [5.74, 6) is -1.19. The zero-order chi connectivity index (χ0) is 23.9. The highest BCUT2D eigenvalue weighted by molar-refractivity contribution is 6.04. The number of fused-ring (bicyclic) bond motifs is 1. The number of nitrogens with one attached hydrogen (secondary N) is 1. The van der Waals surface area contributed by atoms with Gasteiger partial charge in [-0.2, -0.15) is 18.3 Å². The van der Waals surface area contributed by atoms with Crippen LogP contribution in [0.2, 0.25) is 0 Å². The molecule has 4 rings (SSSR count). The number of hydrogen-bond acceptors (Lipinski definition) is 5. The summed E-state index contributed by atoms with van der Waals surface area (Å²) in [6.07, 6.45) is -2.26. The van der Waals surface area contributed by atoms with Gasteiger partial charge in [0, 0.05) is 23.3 Å². The van der Waals surface area contributed by atoms with Crippen LogP contribution in [0, 0.1) is 0 Å². The van der Waals surface area contributed by atoms with Crippen LogP contribution in [-0.4, -0.2) is 32.7 Å². The van der Waals surface area contributed by atoms with Gasteiger partial charge < -0.3 is 10.1 Å². The van der Waals surface area contributed by atoms with Gasteiger partial charge in [0.2, 0.25) is 0 Å². The summed E-state index contributed by atoms with van der Waals surface area (Å²) in [5, 5.41) is 7.21. The Morgan fingerprint density at radius 2 is 1.91 bits per heavy atom. The molecule has 2 heterocycles. The molecular weight excluding hydrogens is 437 g/mol. The Labute approximate surface area is 187 Å². The lowest BCUT2D eigenvalue weighted by molar-refractivity contribution is -0.137. The monoisotopic (exact) mass is 460 g/mol. The molecule has 1 saturated carbocycles. The van der Waals surface area contributed by atoms with Gasteiger partial charge in [-0.25, -0.2) is 14.5 Å². The first-order valence-corrected chi connectivity index (χ1v) is 10.6. The number of carbonyl (C=O) groups is 2. The smallest absolute Gasteiger partial charge is 0.416 e. The maximum atomic E-state index is 13.0. The number of benzene rings is 1. The Balaban J connectivity index is 1.54. The van der Waals surface area contributed by atoms with E-state index >= 15 is 0 Å². The molecule has 0 radical (unpaired) electrons. The fourth-order valence-corrected chi connectivity index (χ4v) is 3.47. The van der Waals surface area contributed by atoms with Gasteiger partial charge in [0.15, 0.2) is 11.8 Å². The van der Waals surface area contributed by atoms with E-state index in [0.717, 1.165) is 30.7 Å². The van der Waals surface area contributed by atoms with Crippen LogP contribution in [0.3, 0.4) is 0 Å². The summed E-state index contributed by atoms with van der Waals surface area (Å²) in [6.45, 7) is 5.27. The van der Waals surface area contributed by atoms with Crippen LogP contribution < -0.4 is 5.32 Å². The molecule has 1 amide bonds. The van der Waals surface area contributed by atoms with Crippen molar-refractivity contribution in [3.05, 3.63) is 53.3 Å². The Morgan fingerprint density at radius 1 is 1.18 bits per heavy atom. The molecule has 1 fully saturated rings. The molecule has 0 bridgehead atoms. The normalized spacial score (nSPS) is 15.0. The highest BCUT2D eigenvalue weighted by Gasteiger charge is 2.31. The van der Waals surface area contributed by atoms with Crippen molar-refractivity contribution in [2.45, 2.75) is 57.9 Å². The number of pyridine rings is 1. The third-order valence-corrected chi connectivity index (χ3v) is 5.40. The standard InChI is InChI=1S/C23H23F3N4O3/c1-12(2)30-20-18(11-27-30)17(10-19(29-20)14-7-8-14)22(32)33-13(3)21(31)28-16-6-4-5-15(9-16)23(24,25)26/h4-6,9-14H,7-8H2,1-3H3,(H,28,31). The van der Waals surface area contributed by atoms with E-state index in [2.05, 4.69) is 15.4 Å². The first-order valence-electron chi connectivity index (χ1n) is 10.6. The lowest BCUT2D eigenvalue weighted by atomic mass is 10.1. The molecule has 33 heavy (non-hydrogen) atoms. The van der Waals surface area contributed by atoms with E-state index in [4.69, 9.17) is 4.74 Å². The summed E-state index contributed by atoms with van der Waals surface area (Å²) < 4.78 is 45.8. The molecule has 0 saturated heterocycles. The van der Waals surface area contributed by atoms with Gasteiger partial charge in [0.05, 0.1) is 22.7 Å². The van der Waals surface area contributed by atoms with E-state index in [0.29, 0.717) is 11.0 Å². The molecule has 1 aliphatic rings. The minimum atomic E-state index is -4.54. The van der Waals surface area contributed by atoms with Crippen molar-refractivity contribution in [2.75, 3.05) is 5.32 Å². The maximum Gasteiger partial charge on any atom is 0.416 e. The number of alkyl halides is 3. The van der Waals surface area contributed by atoms with Crippen LogP contribution in [0.15, 0.2) is 36.5 Å². The van der Waals surface area contributed by atoms with Crippen molar-refractivity contribution < 1.29 is 27.5 Å². The number of rotatable bonds is 6. The maximum absolute atomic E-state index is 13.0. The molecule has 3 aromatic rings. The first-order chi connectivity index (χ1) is 15.5. The molecule has 10 heteroatoms. The van der Waals surface area contributed by atoms with E-state index in [1.165, 1.54) is 19.1 Å². The van der Waals surface area contributed by atoms with E-state index in [9.17, 15) is 22.8 Å². The number of halogens is 3. The molecule has 1 unspecified atom stereocenters. The quantitative estimate of drug-likeness (QED) is 0.518. The van der Waals surface area contributed by atoms with Crippen LogP contribution >= 0.6 is 0 Å². The summed E-state index contributed by atoms with van der Waals surface area (Å²) in [4.78, 5) is 30.1. The van der Waals surface area contributed by atoms with Crippen LogP contribution in [-0.2, 0) is 15.7 Å². The van der Waals surface area contributed by atoms with Crippen LogP contribution in [0.4, 0.5) is 18.9 Å². The van der Waals surface area contributed by atoms with Gasteiger partial charge in [-0.15, -0.1) is 0 Å². The third-order valence-electron chi connectivity index (χ3n) is 5.40. The highest BCUT2D eigenvalue weighted by atomic mass is 19.4. The third kappa shape index (κ3) is 4.84. The molecule has 1 aliphatic carbocycles. The van der Waals surface area contributed by atoms with Gasteiger partial charge in [0.1, 0.15) is 0 Å². The molecule has 2 aromatic heterocycles. The number of anilines is 1. The largest absolute Gasteiger partial charge is 0.449 e. The molecule has 1 N–H and O–H groups in total. The van der Waals surface area contributed by atoms with Crippen molar-refractivity contribution in [3.8, 4) is 0 Å². The average molecular weight is 460 g/mol. The molecular formula is C23H23F3N4O3. The van der Waals surface area contributed by atoms with Crippen molar-refractivity contribution >= 4 is 28.6 Å². The van der Waals surface area contributed by atoms with E-state index in [-0.39, 0.29) is 23.2 Å². The van der Waals surface area contributed by atoms with Gasteiger partial charge >= 0.3 is 12.1 Å². The fourth-order valence-electron chi connectivity index (χ4n) is 3.47. The number of nitrogens with zero attached hydrogens (tertiary/aromatic N) is 3. The lowest BCUT2D eigenvalue weighted by Crippen LogP contribution is -2.30. The summed E-state index contributed by atoms with van der Waals surface area (Å²) in [6, 6.07) is 5.95. The van der Waals surface area contributed by atoms with Crippen molar-refractivity contribution in [1.82, 2.24) is 14.8 Å². The number of hydrogen-bond donors (Lipinski definition) is 1. The van der Waals surface area contributed by atoms with Crippen molar-refractivity contribution in [3.63, 3.8) is 0 Å². The van der Waals surface area contributed by atoms with Gasteiger partial charge in [-0.3, -0.25) is 4.79 Å². The number of aromatic nitrogens is 3. The van der Waals surface area contributed by atoms with Crippen molar-refractivity contribution in [1.29, 1.82) is 0 Å². The van der Waals surface area contributed by atoms with E-state index in [1.807, 2.05) is 13.8 Å². The number of carbonyl (C=O) groups excluding carboxylic acids is 2. The molecule has 174 valence electrons. The second-order valence-corrected chi connectivity index (χ2v) is 8.40. The average Bonchev–Trinajstić information content (AvgIpc) is 3.51. The van der Waals surface area contributed by atoms with Crippen LogP contribution in [0.5, 0.6) is 0 Å². The Morgan fingerprint density at radius 3 is 2.55 bits per heavy atom. The molecule has 0 spiro atoms. The highest BCUT2D eigenvalue weighted by Crippen LogP contribution is 2.40. The molecule has 1 aromatic carbocycles. The SMILES string of the molecule is CC(OC(=O)c1cc(C2CC2)nc2c1cnn2C(C)C)C(=O)Nc1cccc(C(F)(F)F)c1. The topological polar surface area (TPSA) is 86.1 Å². The van der Waals surface area contributed by atoms with Crippen LogP contribution in [0.1, 0.15) is 67.2 Å². The second-order valence-electron chi connectivity index (χ2n) is 8.40. The van der Waals surface area contributed by atoms with Crippen LogP contribution in [0.25, 0.3) is 11.0 Å². The zero-order valence-corrected chi connectivity index (χ0v) is 18.3. The number of esters is 1. The Bertz CT molecular complexity index is 1220. The fraction of sp³-hybridized carbons (Fsp3) is 0.391. The van der Waals surface area contributed by atoms with E-state index in [1.54, 1.807) is 16.9 Å². The van der Waals surface area contributed by atoms with Gasteiger partial charge in [0.25, 0.3) is 5.91 Å². The minimum absolute atomic E-state index is 0.0329. The Kier molecular flexibility index (Phi) is 5.85. The molecule has 1 atom stereocenters. The van der Waals surface area contributed by atoms with Crippen molar-refractivity contribution in [2.24, 2.45) is 0 Å². The van der Waals surface area contributed by atoms with Gasteiger partial charge in [-0.1, -0.05) is 6.07 Å². The summed E-state index contributed by atoms with van der Waals surface area (Å²) >= 11 is 0. The predicted molar refractivity (Wildman–Crippen MR) is 115 cm³/mol.